The molecule has 1 heterocycles. The number of carbonyl (C=O) groups is 1. The van der Waals surface area contributed by atoms with Crippen LogP contribution in [-0.2, 0) is 0 Å². The van der Waals surface area contributed by atoms with Gasteiger partial charge in [0, 0.05) is 10.0 Å². The quantitative estimate of drug-likeness (QED) is 0.856. The number of thiazole rings is 1. The highest BCUT2D eigenvalue weighted by atomic mass is 79.9. The molecule has 18 heavy (non-hydrogen) atoms. The molecule has 7 heteroatoms. The molecule has 0 fully saturated rings. The lowest BCUT2D eigenvalue weighted by atomic mass is 10.1. The van der Waals surface area contributed by atoms with Gasteiger partial charge < -0.3 is 9.84 Å². The number of aromatic carboxylic acids is 1. The van der Waals surface area contributed by atoms with Crippen molar-refractivity contribution >= 4 is 49.2 Å². The zero-order valence-corrected chi connectivity index (χ0v) is 13.1. The maximum atomic E-state index is 11.2. The highest BCUT2D eigenvalue weighted by molar-refractivity contribution is 9.11. The van der Waals surface area contributed by atoms with Crippen molar-refractivity contribution in [3.8, 4) is 16.2 Å². The zero-order chi connectivity index (χ0) is 13.3. The molecule has 0 atom stereocenters. The number of hydrogen-bond acceptors (Lipinski definition) is 4. The number of carboxylic acid groups (broad SMARTS) is 1. The SMILES string of the molecule is COc1ccc(Br)c(-c2sc(Br)nc2C(=O)O)c1. The van der Waals surface area contributed by atoms with Crippen LogP contribution in [0, 0.1) is 0 Å². The van der Waals surface area contributed by atoms with Crippen LogP contribution < -0.4 is 4.74 Å². The van der Waals surface area contributed by atoms with E-state index in [1.54, 1.807) is 19.2 Å². The van der Waals surface area contributed by atoms with Gasteiger partial charge in [-0.2, -0.15) is 0 Å². The Balaban J connectivity index is 2.64. The summed E-state index contributed by atoms with van der Waals surface area (Å²) in [6.07, 6.45) is 0. The first-order valence-electron chi connectivity index (χ1n) is 4.76. The lowest BCUT2D eigenvalue weighted by Gasteiger charge is -2.06. The van der Waals surface area contributed by atoms with Gasteiger partial charge in [0.2, 0.25) is 0 Å². The predicted molar refractivity (Wildman–Crippen MR) is 76.5 cm³/mol. The van der Waals surface area contributed by atoms with E-state index in [1.807, 2.05) is 6.07 Å². The number of rotatable bonds is 3. The van der Waals surface area contributed by atoms with E-state index in [1.165, 1.54) is 11.3 Å². The van der Waals surface area contributed by atoms with E-state index in [-0.39, 0.29) is 5.69 Å². The van der Waals surface area contributed by atoms with Gasteiger partial charge in [-0.25, -0.2) is 9.78 Å². The van der Waals surface area contributed by atoms with Crippen molar-refractivity contribution in [3.63, 3.8) is 0 Å². The Hall–Kier alpha value is -0.920. The molecule has 0 spiro atoms. The number of benzene rings is 1. The molecule has 0 radical (unpaired) electrons. The van der Waals surface area contributed by atoms with Gasteiger partial charge in [-0.15, -0.1) is 11.3 Å². The summed E-state index contributed by atoms with van der Waals surface area (Å²) in [4.78, 5) is 15.7. The summed E-state index contributed by atoms with van der Waals surface area (Å²) < 4.78 is 6.47. The minimum Gasteiger partial charge on any atom is -0.497 e. The third-order valence-electron chi connectivity index (χ3n) is 2.22. The number of methoxy groups -OCH3 is 1. The van der Waals surface area contributed by atoms with Crippen LogP contribution in [0.25, 0.3) is 10.4 Å². The van der Waals surface area contributed by atoms with Gasteiger partial charge in [-0.1, -0.05) is 15.9 Å². The van der Waals surface area contributed by atoms with E-state index in [4.69, 9.17) is 9.84 Å². The minimum absolute atomic E-state index is 0.0285. The van der Waals surface area contributed by atoms with Crippen molar-refractivity contribution in [1.82, 2.24) is 4.98 Å². The van der Waals surface area contributed by atoms with Crippen molar-refractivity contribution in [1.29, 1.82) is 0 Å². The van der Waals surface area contributed by atoms with Crippen molar-refractivity contribution in [2.45, 2.75) is 0 Å². The molecular formula is C11H7Br2NO3S. The molecule has 2 rings (SSSR count). The van der Waals surface area contributed by atoms with Crippen molar-refractivity contribution in [3.05, 3.63) is 32.3 Å². The highest BCUT2D eigenvalue weighted by Crippen LogP contribution is 2.38. The summed E-state index contributed by atoms with van der Waals surface area (Å²) in [6.45, 7) is 0. The fourth-order valence-electron chi connectivity index (χ4n) is 1.43. The van der Waals surface area contributed by atoms with Crippen molar-refractivity contribution in [2.24, 2.45) is 0 Å². The lowest BCUT2D eigenvalue weighted by molar-refractivity contribution is 0.0692. The molecule has 1 aromatic carbocycles. The van der Waals surface area contributed by atoms with Gasteiger partial charge in [0.05, 0.1) is 12.0 Å². The van der Waals surface area contributed by atoms with Gasteiger partial charge in [-0.3, -0.25) is 0 Å². The Morgan fingerprint density at radius 1 is 1.44 bits per heavy atom. The van der Waals surface area contributed by atoms with Crippen LogP contribution >= 0.6 is 43.2 Å². The number of carboxylic acids is 1. The summed E-state index contributed by atoms with van der Waals surface area (Å²) >= 11 is 7.88. The molecule has 94 valence electrons. The Morgan fingerprint density at radius 3 is 2.78 bits per heavy atom. The van der Waals surface area contributed by atoms with Crippen LogP contribution in [-0.4, -0.2) is 23.2 Å². The molecule has 0 saturated heterocycles. The molecule has 2 aromatic rings. The molecule has 4 nitrogen and oxygen atoms in total. The average molecular weight is 393 g/mol. The average Bonchev–Trinajstić information content (AvgIpc) is 2.72. The fraction of sp³-hybridized carbons (Fsp3) is 0.0909. The van der Waals surface area contributed by atoms with E-state index in [0.29, 0.717) is 14.5 Å². The molecule has 0 aliphatic rings. The van der Waals surface area contributed by atoms with Gasteiger partial charge in [0.1, 0.15) is 5.75 Å². The van der Waals surface area contributed by atoms with E-state index in [2.05, 4.69) is 36.8 Å². The first kappa shape index (κ1) is 13.5. The van der Waals surface area contributed by atoms with Gasteiger partial charge in [-0.05, 0) is 34.1 Å². The number of ether oxygens (including phenoxy) is 1. The van der Waals surface area contributed by atoms with Crippen LogP contribution in [0.2, 0.25) is 0 Å². The molecule has 0 aliphatic carbocycles. The van der Waals surface area contributed by atoms with Crippen molar-refractivity contribution in [2.75, 3.05) is 7.11 Å². The second-order valence-corrected chi connectivity index (χ2v) is 6.42. The monoisotopic (exact) mass is 391 g/mol. The van der Waals surface area contributed by atoms with E-state index in [0.717, 1.165) is 10.0 Å². The second kappa shape index (κ2) is 5.38. The van der Waals surface area contributed by atoms with Crippen LogP contribution in [0.1, 0.15) is 10.5 Å². The van der Waals surface area contributed by atoms with E-state index >= 15 is 0 Å². The molecule has 0 amide bonds. The maximum absolute atomic E-state index is 11.2. The van der Waals surface area contributed by atoms with E-state index < -0.39 is 5.97 Å². The second-order valence-electron chi connectivity index (χ2n) is 3.30. The molecular weight excluding hydrogens is 386 g/mol. The van der Waals surface area contributed by atoms with E-state index in [9.17, 15) is 4.79 Å². The number of hydrogen-bond donors (Lipinski definition) is 1. The normalized spacial score (nSPS) is 10.4. The topological polar surface area (TPSA) is 59.4 Å². The van der Waals surface area contributed by atoms with Crippen LogP contribution in [0.15, 0.2) is 26.6 Å². The standard InChI is InChI=1S/C11H7Br2NO3S/c1-17-5-2-3-7(12)6(4-5)9-8(10(15)16)14-11(13)18-9/h2-4H,1H3,(H,15,16). The summed E-state index contributed by atoms with van der Waals surface area (Å²) in [6, 6.07) is 5.38. The predicted octanol–water partition coefficient (Wildman–Crippen LogP) is 4.04. The summed E-state index contributed by atoms with van der Waals surface area (Å²) in [5.41, 5.74) is 0.774. The van der Waals surface area contributed by atoms with Crippen LogP contribution in [0.5, 0.6) is 5.75 Å². The molecule has 0 aliphatic heterocycles. The number of halogens is 2. The minimum atomic E-state index is -1.05. The number of nitrogens with zero attached hydrogens (tertiary/aromatic N) is 1. The highest BCUT2D eigenvalue weighted by Gasteiger charge is 2.20. The smallest absolute Gasteiger partial charge is 0.356 e. The fourth-order valence-corrected chi connectivity index (χ4v) is 3.48. The Labute approximate surface area is 124 Å². The van der Waals surface area contributed by atoms with Crippen molar-refractivity contribution < 1.29 is 14.6 Å². The first-order chi connectivity index (χ1) is 8.52. The summed E-state index contributed by atoms with van der Waals surface area (Å²) in [7, 11) is 1.56. The van der Waals surface area contributed by atoms with Gasteiger partial charge in [0.15, 0.2) is 9.61 Å². The molecule has 0 bridgehead atoms. The largest absolute Gasteiger partial charge is 0.497 e. The summed E-state index contributed by atoms with van der Waals surface area (Å²) in [5, 5.41) is 9.13. The molecule has 0 saturated carbocycles. The molecule has 0 unspecified atom stereocenters. The molecule has 1 aromatic heterocycles. The maximum Gasteiger partial charge on any atom is 0.356 e. The lowest BCUT2D eigenvalue weighted by Crippen LogP contribution is -1.99. The van der Waals surface area contributed by atoms with Crippen LogP contribution in [0.3, 0.4) is 0 Å². The third kappa shape index (κ3) is 2.57. The van der Waals surface area contributed by atoms with Crippen LogP contribution in [0.4, 0.5) is 0 Å². The summed E-state index contributed by atoms with van der Waals surface area (Å²) in [5.74, 6) is -0.393. The Kier molecular flexibility index (Phi) is 4.04. The zero-order valence-electron chi connectivity index (χ0n) is 9.11. The van der Waals surface area contributed by atoms with Gasteiger partial charge >= 0.3 is 5.97 Å². The first-order valence-corrected chi connectivity index (χ1v) is 7.16. The third-order valence-corrected chi connectivity index (χ3v) is 4.45. The molecule has 1 N–H and O–H groups in total. The van der Waals surface area contributed by atoms with Gasteiger partial charge in [0.25, 0.3) is 0 Å². The Bertz CT molecular complexity index is 612. The Morgan fingerprint density at radius 2 is 2.17 bits per heavy atom. The number of aromatic nitrogens is 1.